The molecule has 0 radical (unpaired) electrons. The van der Waals surface area contributed by atoms with E-state index in [4.69, 9.17) is 14.2 Å². The summed E-state index contributed by atoms with van der Waals surface area (Å²) in [6, 6.07) is 11.2. The van der Waals surface area contributed by atoms with Gasteiger partial charge in [0.05, 0.1) is 21.3 Å². The van der Waals surface area contributed by atoms with Gasteiger partial charge in [0.25, 0.3) is 0 Å². The molecule has 0 atom stereocenters. The lowest BCUT2D eigenvalue weighted by Gasteiger charge is -2.37. The molecule has 4 rings (SSSR count). The first kappa shape index (κ1) is 23.1. The minimum Gasteiger partial charge on any atom is -0.493 e. The van der Waals surface area contributed by atoms with E-state index in [1.54, 1.807) is 21.3 Å². The van der Waals surface area contributed by atoms with Crippen molar-refractivity contribution in [2.45, 2.75) is 25.8 Å². The summed E-state index contributed by atoms with van der Waals surface area (Å²) in [7, 11) is 9.22. The molecule has 1 saturated heterocycles. The number of aromatic amines is 1. The molecule has 6 heteroatoms. The van der Waals surface area contributed by atoms with Gasteiger partial charge in [-0.15, -0.1) is 0 Å². The Morgan fingerprint density at radius 1 is 0.970 bits per heavy atom. The summed E-state index contributed by atoms with van der Waals surface area (Å²) in [6.45, 7) is 8.72. The molecule has 1 N–H and O–H groups in total. The van der Waals surface area contributed by atoms with Crippen LogP contribution in [0.5, 0.6) is 17.2 Å². The summed E-state index contributed by atoms with van der Waals surface area (Å²) in [5, 5.41) is 1.16. The average molecular weight is 450 g/mol. The van der Waals surface area contributed by atoms with Crippen LogP contribution in [0, 0.1) is 6.92 Å². The van der Waals surface area contributed by atoms with Gasteiger partial charge < -0.3 is 29.0 Å². The number of piperidine rings is 1. The molecular weight excluding hydrogens is 414 g/mol. The maximum atomic E-state index is 5.54. The number of aromatic nitrogens is 1. The van der Waals surface area contributed by atoms with Crippen LogP contribution in [0.1, 0.15) is 24.0 Å². The second-order valence-corrected chi connectivity index (χ2v) is 8.98. The zero-order valence-corrected chi connectivity index (χ0v) is 20.6. The van der Waals surface area contributed by atoms with Crippen LogP contribution >= 0.6 is 0 Å². The molecule has 0 spiro atoms. The van der Waals surface area contributed by atoms with Crippen LogP contribution in [-0.2, 0) is 0 Å². The normalized spacial score (nSPS) is 14.7. The fraction of sp³-hybridized carbons (Fsp3) is 0.407. The average Bonchev–Trinajstić information content (AvgIpc) is 3.24. The topological polar surface area (TPSA) is 50.0 Å². The van der Waals surface area contributed by atoms with E-state index in [0.29, 0.717) is 23.3 Å². The van der Waals surface area contributed by atoms with Gasteiger partial charge in [0, 0.05) is 52.6 Å². The number of nitrogens with one attached hydrogen (secondary N) is 1. The molecule has 1 fully saturated rings. The van der Waals surface area contributed by atoms with Gasteiger partial charge in [0.2, 0.25) is 5.75 Å². The van der Waals surface area contributed by atoms with Crippen molar-refractivity contribution in [3.63, 3.8) is 0 Å². The van der Waals surface area contributed by atoms with Crippen molar-refractivity contribution in [3.05, 3.63) is 48.0 Å². The molecule has 2 aromatic carbocycles. The lowest BCUT2D eigenvalue weighted by molar-refractivity contribution is 0.186. The highest BCUT2D eigenvalue weighted by Crippen LogP contribution is 2.41. The number of methoxy groups -OCH3 is 3. The second-order valence-electron chi connectivity index (χ2n) is 8.98. The van der Waals surface area contributed by atoms with Crippen molar-refractivity contribution in [2.75, 3.05) is 48.5 Å². The molecule has 2 heterocycles. The molecule has 33 heavy (non-hydrogen) atoms. The number of likely N-dealkylation sites (tertiary alicyclic amines) is 1. The Kier molecular flexibility index (Phi) is 6.56. The maximum Gasteiger partial charge on any atom is 0.203 e. The van der Waals surface area contributed by atoms with Crippen LogP contribution in [0.2, 0.25) is 0 Å². The zero-order chi connectivity index (χ0) is 23.7. The van der Waals surface area contributed by atoms with E-state index >= 15 is 0 Å². The summed E-state index contributed by atoms with van der Waals surface area (Å²) in [4.78, 5) is 8.32. The van der Waals surface area contributed by atoms with E-state index < -0.39 is 0 Å². The molecular formula is C27H35N3O3. The van der Waals surface area contributed by atoms with E-state index in [9.17, 15) is 0 Å². The molecule has 3 aromatic rings. The third-order valence-electron chi connectivity index (χ3n) is 6.83. The molecule has 176 valence electrons. The summed E-state index contributed by atoms with van der Waals surface area (Å²) in [5.74, 6) is 1.86. The van der Waals surface area contributed by atoms with Gasteiger partial charge in [-0.25, -0.2) is 0 Å². The number of rotatable bonds is 7. The van der Waals surface area contributed by atoms with Gasteiger partial charge in [0.1, 0.15) is 0 Å². The summed E-state index contributed by atoms with van der Waals surface area (Å²) < 4.78 is 16.5. The van der Waals surface area contributed by atoms with Crippen molar-refractivity contribution in [1.82, 2.24) is 14.8 Å². The Morgan fingerprint density at radius 3 is 2.15 bits per heavy atom. The van der Waals surface area contributed by atoms with Crippen molar-refractivity contribution in [2.24, 2.45) is 0 Å². The molecule has 0 amide bonds. The second kappa shape index (κ2) is 9.40. The van der Waals surface area contributed by atoms with Crippen molar-refractivity contribution in [1.29, 1.82) is 0 Å². The number of ether oxygens (including phenoxy) is 3. The number of fused-ring (bicyclic) bond motifs is 1. The van der Waals surface area contributed by atoms with Gasteiger partial charge in [-0.1, -0.05) is 6.58 Å². The number of nitrogens with zero attached hydrogens (tertiary/aromatic N) is 2. The van der Waals surface area contributed by atoms with E-state index in [-0.39, 0.29) is 0 Å². The van der Waals surface area contributed by atoms with Crippen LogP contribution in [0.25, 0.3) is 27.9 Å². The van der Waals surface area contributed by atoms with Crippen LogP contribution in [0.3, 0.4) is 0 Å². The molecule has 0 aliphatic carbocycles. The number of benzene rings is 2. The van der Waals surface area contributed by atoms with Crippen LogP contribution in [-0.4, -0.2) is 69.3 Å². The Hall–Kier alpha value is -3.12. The fourth-order valence-corrected chi connectivity index (χ4v) is 4.81. The summed E-state index contributed by atoms with van der Waals surface area (Å²) in [5.41, 5.74) is 6.62. The highest BCUT2D eigenvalue weighted by molar-refractivity contribution is 5.90. The Labute approximate surface area is 196 Å². The van der Waals surface area contributed by atoms with Crippen LogP contribution in [0.4, 0.5) is 0 Å². The monoisotopic (exact) mass is 449 g/mol. The molecule has 0 bridgehead atoms. The number of hydrogen-bond acceptors (Lipinski definition) is 5. The predicted octanol–water partition coefficient (Wildman–Crippen LogP) is 5.17. The van der Waals surface area contributed by atoms with Crippen molar-refractivity contribution < 1.29 is 14.2 Å². The smallest absolute Gasteiger partial charge is 0.203 e. The zero-order valence-electron chi connectivity index (χ0n) is 20.6. The molecule has 0 saturated carbocycles. The molecule has 1 aromatic heterocycles. The van der Waals surface area contributed by atoms with Gasteiger partial charge in [-0.05, 0) is 69.8 Å². The van der Waals surface area contributed by atoms with Crippen LogP contribution < -0.4 is 14.2 Å². The SMILES string of the molecule is C=C(c1cc2cc(-c3cc(OC)c(OC)c(OC)c3)[nH]c2cc1C)N1CCC(N(C)C)CC1. The van der Waals surface area contributed by atoms with Crippen molar-refractivity contribution in [3.8, 4) is 28.5 Å². The van der Waals surface area contributed by atoms with Gasteiger partial charge >= 0.3 is 0 Å². The molecule has 1 aliphatic rings. The highest BCUT2D eigenvalue weighted by Gasteiger charge is 2.23. The quantitative estimate of drug-likeness (QED) is 0.540. The van der Waals surface area contributed by atoms with Gasteiger partial charge in [-0.3, -0.25) is 0 Å². The first-order valence-electron chi connectivity index (χ1n) is 11.4. The minimum atomic E-state index is 0.590. The van der Waals surface area contributed by atoms with E-state index in [2.05, 4.69) is 60.6 Å². The fourth-order valence-electron chi connectivity index (χ4n) is 4.81. The minimum absolute atomic E-state index is 0.590. The Morgan fingerprint density at radius 2 is 1.61 bits per heavy atom. The third kappa shape index (κ3) is 4.40. The largest absolute Gasteiger partial charge is 0.493 e. The highest BCUT2D eigenvalue weighted by atomic mass is 16.5. The van der Waals surface area contributed by atoms with Crippen LogP contribution in [0.15, 0.2) is 36.9 Å². The molecule has 1 aliphatic heterocycles. The van der Waals surface area contributed by atoms with E-state index in [1.807, 2.05) is 12.1 Å². The predicted molar refractivity (Wildman–Crippen MR) is 135 cm³/mol. The standard InChI is InChI=1S/C27H35N3O3/c1-17-12-23-19(13-22(17)18(2)30-10-8-21(9-11-30)29(3)4)14-24(28-23)20-15-25(31-5)27(33-7)26(16-20)32-6/h12-16,21,28H,2,8-11H2,1,3-7H3. The van der Waals surface area contributed by atoms with E-state index in [1.165, 1.54) is 24.0 Å². The van der Waals surface area contributed by atoms with Crippen molar-refractivity contribution >= 4 is 16.6 Å². The van der Waals surface area contributed by atoms with E-state index in [0.717, 1.165) is 40.9 Å². The number of H-pyrrole nitrogens is 1. The number of aryl methyl sites for hydroxylation is 1. The summed E-state index contributed by atoms with van der Waals surface area (Å²) >= 11 is 0. The molecule has 0 unspecified atom stereocenters. The van der Waals surface area contributed by atoms with Gasteiger partial charge in [-0.2, -0.15) is 0 Å². The first-order chi connectivity index (χ1) is 15.9. The lowest BCUT2D eigenvalue weighted by atomic mass is 9.99. The number of hydrogen-bond donors (Lipinski definition) is 1. The third-order valence-corrected chi connectivity index (χ3v) is 6.83. The lowest BCUT2D eigenvalue weighted by Crippen LogP contribution is -2.41. The van der Waals surface area contributed by atoms with Gasteiger partial charge in [0.15, 0.2) is 11.5 Å². The maximum absolute atomic E-state index is 5.54. The molecule has 6 nitrogen and oxygen atoms in total. The Bertz CT molecular complexity index is 1130. The summed E-state index contributed by atoms with van der Waals surface area (Å²) in [6.07, 6.45) is 2.34. The first-order valence-corrected chi connectivity index (χ1v) is 11.4. The Balaban J connectivity index is 1.66.